The van der Waals surface area contributed by atoms with Crippen LogP contribution in [0.2, 0.25) is 0 Å². The van der Waals surface area contributed by atoms with E-state index in [1.54, 1.807) is 9.47 Å². The molecular weight excluding hydrogens is 488 g/mol. The number of hydrogen-bond donors (Lipinski definition) is 0. The first-order chi connectivity index (χ1) is 17.7. The maximum atomic E-state index is 14.1. The fraction of sp³-hybridized carbons (Fsp3) is 0.385. The van der Waals surface area contributed by atoms with Gasteiger partial charge in [-0.1, -0.05) is 6.07 Å². The molecule has 1 fully saturated rings. The Morgan fingerprint density at radius 3 is 2.51 bits per heavy atom. The first kappa shape index (κ1) is 23.6. The van der Waals surface area contributed by atoms with Crippen molar-refractivity contribution in [1.82, 2.24) is 19.4 Å². The Bertz CT molecular complexity index is 1420. The van der Waals surface area contributed by atoms with Gasteiger partial charge in [0.15, 0.2) is 17.3 Å². The first-order valence-electron chi connectivity index (χ1n) is 12.2. The van der Waals surface area contributed by atoms with E-state index >= 15 is 0 Å². The van der Waals surface area contributed by atoms with Gasteiger partial charge in [-0.2, -0.15) is 8.78 Å². The molecule has 1 aliphatic carbocycles. The largest absolute Gasteiger partial charge is 0.305 e. The van der Waals surface area contributed by atoms with Crippen molar-refractivity contribution >= 4 is 17.7 Å². The van der Waals surface area contributed by atoms with Crippen LogP contribution in [0.5, 0.6) is 0 Å². The zero-order valence-corrected chi connectivity index (χ0v) is 20.3. The fourth-order valence-electron chi connectivity index (χ4n) is 5.00. The highest BCUT2D eigenvalue weighted by Gasteiger charge is 2.46. The van der Waals surface area contributed by atoms with Crippen molar-refractivity contribution in [2.45, 2.75) is 45.2 Å². The lowest BCUT2D eigenvalue weighted by Crippen LogP contribution is -2.50. The Morgan fingerprint density at radius 2 is 1.89 bits per heavy atom. The van der Waals surface area contributed by atoms with Gasteiger partial charge in [0, 0.05) is 25.2 Å². The molecule has 7 nitrogen and oxygen atoms in total. The number of amides is 1. The van der Waals surface area contributed by atoms with Crippen LogP contribution in [0.25, 0.3) is 11.4 Å². The maximum absolute atomic E-state index is 14.1. The second-order valence-electron chi connectivity index (χ2n) is 9.76. The smallest absolute Gasteiger partial charge is 0.286 e. The van der Waals surface area contributed by atoms with Crippen LogP contribution < -0.4 is 4.90 Å². The van der Waals surface area contributed by atoms with Gasteiger partial charge in [-0.25, -0.2) is 18.8 Å². The zero-order valence-electron chi connectivity index (χ0n) is 20.3. The molecule has 1 amide bonds. The molecule has 0 unspecified atom stereocenters. The van der Waals surface area contributed by atoms with Crippen molar-refractivity contribution in [3.05, 3.63) is 65.1 Å². The number of guanidine groups is 1. The molecule has 1 aromatic carbocycles. The summed E-state index contributed by atoms with van der Waals surface area (Å²) >= 11 is 0. The molecule has 6 rings (SSSR count). The Hall–Kier alpha value is -3.76. The van der Waals surface area contributed by atoms with Crippen LogP contribution in [0.3, 0.4) is 0 Å². The van der Waals surface area contributed by atoms with E-state index in [-0.39, 0.29) is 24.2 Å². The normalized spacial score (nSPS) is 19.2. The van der Waals surface area contributed by atoms with Gasteiger partial charge < -0.3 is 4.57 Å². The first-order valence-corrected chi connectivity index (χ1v) is 12.2. The molecule has 2 aliphatic heterocycles. The number of aliphatic imine (C=N–C) groups is 1. The topological polar surface area (TPSA) is 66.6 Å². The van der Waals surface area contributed by atoms with E-state index in [1.807, 2.05) is 11.8 Å². The second-order valence-corrected chi connectivity index (χ2v) is 9.76. The van der Waals surface area contributed by atoms with Crippen molar-refractivity contribution in [2.75, 3.05) is 18.0 Å². The van der Waals surface area contributed by atoms with Crippen molar-refractivity contribution in [2.24, 2.45) is 10.9 Å². The van der Waals surface area contributed by atoms with E-state index in [9.17, 15) is 22.4 Å². The van der Waals surface area contributed by atoms with Gasteiger partial charge in [-0.05, 0) is 55.5 Å². The minimum atomic E-state index is -3.12. The fourth-order valence-corrected chi connectivity index (χ4v) is 5.00. The maximum Gasteiger partial charge on any atom is 0.286 e. The number of nitrogens with zero attached hydrogens (tertiary/aromatic N) is 6. The van der Waals surface area contributed by atoms with Gasteiger partial charge in [0.2, 0.25) is 5.96 Å². The average Bonchev–Trinajstić information content (AvgIpc) is 3.51. The van der Waals surface area contributed by atoms with E-state index in [1.165, 1.54) is 24.4 Å². The molecule has 0 radical (unpaired) electrons. The van der Waals surface area contributed by atoms with Gasteiger partial charge in [0.1, 0.15) is 17.3 Å². The molecule has 0 bridgehead atoms. The lowest BCUT2D eigenvalue weighted by molar-refractivity contribution is 0.0128. The van der Waals surface area contributed by atoms with E-state index in [4.69, 9.17) is 4.99 Å². The molecule has 3 aromatic rings. The summed E-state index contributed by atoms with van der Waals surface area (Å²) in [6.07, 6.45) is 3.46. The van der Waals surface area contributed by atoms with Crippen LogP contribution in [0.15, 0.2) is 41.5 Å². The summed E-state index contributed by atoms with van der Waals surface area (Å²) in [6.45, 7) is 3.66. The van der Waals surface area contributed by atoms with E-state index < -0.39 is 23.3 Å². The number of aromatic nitrogens is 3. The average molecular weight is 513 g/mol. The standard InChI is InChI=1S/C26H24F4N6O/c1-3-34-24(37)21-23(36-13-19(15-5-6-15)32-25(34)36)35(12-14-4-8-17(27)18(28)10-14)22(33-21)16-7-9-20(31-11-16)26(2,29)30/h4,7-11,15,19H,3,5-6,12-13H2,1-2H3/t19-/m0/s1. The van der Waals surface area contributed by atoms with Gasteiger partial charge in [-0.3, -0.25) is 19.6 Å². The molecule has 1 saturated carbocycles. The highest BCUT2D eigenvalue weighted by Crippen LogP contribution is 2.42. The molecule has 37 heavy (non-hydrogen) atoms. The summed E-state index contributed by atoms with van der Waals surface area (Å²) < 4.78 is 57.0. The molecule has 3 aliphatic rings. The summed E-state index contributed by atoms with van der Waals surface area (Å²) in [5.74, 6) is -3.57. The Labute approximate surface area is 210 Å². The molecule has 4 heterocycles. The number of benzene rings is 1. The SMILES string of the molecule is CCN1C(=O)c2nc(-c3ccc(C(C)(F)F)nc3)n(Cc3ccc(F)c(F)c3)c2N2C[C@@H](C3CC3)N=C12. The van der Waals surface area contributed by atoms with Gasteiger partial charge in [0.25, 0.3) is 11.8 Å². The summed E-state index contributed by atoms with van der Waals surface area (Å²) in [5.41, 5.74) is 0.665. The number of rotatable bonds is 6. The number of carbonyl (C=O) groups excluding carboxylic acids is 1. The van der Waals surface area contributed by atoms with Crippen molar-refractivity contribution in [1.29, 1.82) is 0 Å². The molecule has 11 heteroatoms. The summed E-state index contributed by atoms with van der Waals surface area (Å²) in [6, 6.07) is 6.34. The van der Waals surface area contributed by atoms with Crippen LogP contribution in [0.4, 0.5) is 23.4 Å². The van der Waals surface area contributed by atoms with Crippen LogP contribution in [0.1, 0.15) is 48.4 Å². The minimum absolute atomic E-state index is 0.0469. The monoisotopic (exact) mass is 512 g/mol. The molecule has 0 saturated heterocycles. The quantitative estimate of drug-likeness (QED) is 0.445. The van der Waals surface area contributed by atoms with Crippen molar-refractivity contribution in [3.63, 3.8) is 0 Å². The second kappa shape index (κ2) is 8.39. The number of halogens is 4. The van der Waals surface area contributed by atoms with Crippen LogP contribution in [0, 0.1) is 17.6 Å². The number of hydrogen-bond acceptors (Lipinski definition) is 5. The van der Waals surface area contributed by atoms with Crippen LogP contribution in [-0.2, 0) is 12.5 Å². The molecule has 0 N–H and O–H groups in total. The minimum Gasteiger partial charge on any atom is -0.305 e. The van der Waals surface area contributed by atoms with Crippen LogP contribution >= 0.6 is 0 Å². The Kier molecular flexibility index (Phi) is 5.36. The zero-order chi connectivity index (χ0) is 26.1. The third-order valence-corrected chi connectivity index (χ3v) is 7.06. The summed E-state index contributed by atoms with van der Waals surface area (Å²) in [7, 11) is 0. The van der Waals surface area contributed by atoms with E-state index in [2.05, 4.69) is 9.97 Å². The number of pyridine rings is 1. The number of carbonyl (C=O) groups is 1. The van der Waals surface area contributed by atoms with Crippen molar-refractivity contribution in [3.8, 4) is 11.4 Å². The third kappa shape index (κ3) is 3.96. The molecule has 1 atom stereocenters. The highest BCUT2D eigenvalue weighted by molar-refractivity contribution is 6.18. The Morgan fingerprint density at radius 1 is 1.11 bits per heavy atom. The Balaban J connectivity index is 1.51. The number of alkyl halides is 2. The lowest BCUT2D eigenvalue weighted by Gasteiger charge is -2.33. The van der Waals surface area contributed by atoms with Gasteiger partial charge in [0.05, 0.1) is 19.1 Å². The van der Waals surface area contributed by atoms with Gasteiger partial charge in [-0.15, -0.1) is 0 Å². The number of fused-ring (bicyclic) bond motifs is 3. The highest BCUT2D eigenvalue weighted by atomic mass is 19.3. The van der Waals surface area contributed by atoms with E-state index in [0.717, 1.165) is 31.9 Å². The summed E-state index contributed by atoms with van der Waals surface area (Å²) in [5, 5.41) is 0. The predicted molar refractivity (Wildman–Crippen MR) is 128 cm³/mol. The molecule has 0 spiro atoms. The lowest BCUT2D eigenvalue weighted by atomic mass is 10.1. The van der Waals surface area contributed by atoms with Gasteiger partial charge >= 0.3 is 0 Å². The molecule has 2 aromatic heterocycles. The van der Waals surface area contributed by atoms with Crippen molar-refractivity contribution < 1.29 is 22.4 Å². The predicted octanol–water partition coefficient (Wildman–Crippen LogP) is 4.81. The third-order valence-electron chi connectivity index (χ3n) is 7.06. The number of imidazole rings is 1. The van der Waals surface area contributed by atoms with E-state index in [0.29, 0.717) is 47.7 Å². The molecular formula is C26H24F4N6O. The van der Waals surface area contributed by atoms with Crippen LogP contribution in [-0.4, -0.2) is 50.4 Å². The molecule has 192 valence electrons. The summed E-state index contributed by atoms with van der Waals surface area (Å²) in [4.78, 5) is 30.5. The number of anilines is 1.